The van der Waals surface area contributed by atoms with Crippen LogP contribution in [0.15, 0.2) is 194 Å². The van der Waals surface area contributed by atoms with Crippen LogP contribution >= 0.6 is 14.3 Å². The van der Waals surface area contributed by atoms with Crippen molar-refractivity contribution in [3.05, 3.63) is 227 Å². The van der Waals surface area contributed by atoms with Crippen LogP contribution in [0.4, 0.5) is 0 Å². The summed E-state index contributed by atoms with van der Waals surface area (Å²) in [5.41, 5.74) is -3.09. The standard InChI is InChI=1S/C51H38O2P2/c1-35-23-27-43-44-28-24-36(2)32-48(44)51(47(43)31-35)49-33-41(54(52,37-15-7-3-8-16-37)38-17-9-4-10-18-38)25-29-45(49)46-30-26-42(34-50(46)51)55(53,39-19-11-5-12-20-39)40-21-13-6-14-22-40/h3-34H,1-2H3/i3D,4D,5D,6D,7D,8D,9D,10D,11D,12D,13D,14D,15D,16D,17D,18D,19D,20D,21D,22D,25D,26D,29D,30D,33D,34D. The third-order valence-electron chi connectivity index (χ3n) is 9.88. The summed E-state index contributed by atoms with van der Waals surface area (Å²) in [5.74, 6) is 0. The number of rotatable bonds is 6. The first kappa shape index (κ1) is 16.1. The van der Waals surface area contributed by atoms with Gasteiger partial charge in [-0.3, -0.25) is 0 Å². The van der Waals surface area contributed by atoms with Crippen molar-refractivity contribution in [3.63, 3.8) is 0 Å². The Morgan fingerprint density at radius 1 is 0.382 bits per heavy atom. The minimum atomic E-state index is -6.00. The van der Waals surface area contributed by atoms with Crippen LogP contribution in [0.5, 0.6) is 0 Å². The quantitative estimate of drug-likeness (QED) is 0.158. The van der Waals surface area contributed by atoms with Crippen LogP contribution in [0.2, 0.25) is 0 Å². The maximum Gasteiger partial charge on any atom is 0.171 e. The zero-order chi connectivity index (χ0) is 60.0. The third kappa shape index (κ3) is 4.82. The van der Waals surface area contributed by atoms with E-state index >= 15 is 9.13 Å². The number of hydrogen-bond acceptors (Lipinski definition) is 2. The predicted octanol–water partition coefficient (Wildman–Crippen LogP) is 9.93. The van der Waals surface area contributed by atoms with Crippen LogP contribution in [0.3, 0.4) is 0 Å². The SMILES string of the molecule is [2H]c1c([2H])c([2H])c(P(=O)(c2c([2H])c([2H])c([2H])c([2H])c2[2H])c2c([2H])c([2H])c3c(c2[2H])C2(c4cc(C)ccc4-c4ccc(C)cc42)c2c([2H])c(P(=O)(c4c([2H])c([2H])c([2H])c([2H])c4[2H])c4c([2H])c([2H])c([2H])c([2H])c4[2H])c([2H])c([2H])c2-3)c([2H])c1[2H]. The van der Waals surface area contributed by atoms with Gasteiger partial charge in [0.1, 0.15) is 0 Å². The molecule has 0 amide bonds. The molecule has 0 aliphatic heterocycles. The van der Waals surface area contributed by atoms with E-state index in [2.05, 4.69) is 0 Å². The van der Waals surface area contributed by atoms with Gasteiger partial charge in [0.25, 0.3) is 0 Å². The van der Waals surface area contributed by atoms with Crippen molar-refractivity contribution in [2.75, 3.05) is 0 Å². The van der Waals surface area contributed by atoms with Gasteiger partial charge in [0, 0.05) is 31.8 Å². The number of aryl methyl sites for hydroxylation is 2. The van der Waals surface area contributed by atoms with Crippen LogP contribution in [-0.2, 0) is 14.5 Å². The summed E-state index contributed by atoms with van der Waals surface area (Å²) in [5, 5.41) is -7.33. The Kier molecular flexibility index (Phi) is 3.71. The van der Waals surface area contributed by atoms with E-state index in [1.54, 1.807) is 50.2 Å². The molecular formula is C51H38O2P2. The van der Waals surface area contributed by atoms with Gasteiger partial charge in [0.15, 0.2) is 14.3 Å². The molecule has 0 N–H and O–H groups in total. The highest BCUT2D eigenvalue weighted by atomic mass is 31.2. The Bertz CT molecular complexity index is 3880. The molecule has 8 aromatic rings. The maximum absolute atomic E-state index is 17.2. The molecule has 4 heteroatoms. The minimum absolute atomic E-state index is 0.0807. The second-order valence-corrected chi connectivity index (χ2v) is 18.0. The maximum atomic E-state index is 17.2. The molecule has 0 saturated heterocycles. The first-order valence-corrected chi connectivity index (χ1v) is 20.1. The molecule has 2 aliphatic rings. The fourth-order valence-corrected chi connectivity index (χ4v) is 11.5. The van der Waals surface area contributed by atoms with E-state index in [-0.39, 0.29) is 11.1 Å². The normalized spacial score (nSPS) is 20.2. The molecule has 0 fully saturated rings. The Hall–Kier alpha value is -5.78. The van der Waals surface area contributed by atoms with Gasteiger partial charge in [-0.25, -0.2) is 0 Å². The van der Waals surface area contributed by atoms with Gasteiger partial charge in [-0.15, -0.1) is 0 Å². The molecule has 0 heterocycles. The highest BCUT2D eigenvalue weighted by molar-refractivity contribution is 7.85. The molecule has 0 atom stereocenters. The van der Waals surface area contributed by atoms with E-state index in [4.69, 9.17) is 16.4 Å². The Morgan fingerprint density at radius 3 is 1.04 bits per heavy atom. The Balaban J connectivity index is 1.52. The molecule has 1 spiro atoms. The lowest BCUT2D eigenvalue weighted by Gasteiger charge is -2.32. The largest absolute Gasteiger partial charge is 0.309 e. The molecule has 0 aromatic heterocycles. The summed E-state index contributed by atoms with van der Waals surface area (Å²) in [6.07, 6.45) is 0. The summed E-state index contributed by atoms with van der Waals surface area (Å²) in [4.78, 5) is 0. The second-order valence-electron chi connectivity index (χ2n) is 12.9. The molecule has 0 bridgehead atoms. The van der Waals surface area contributed by atoms with Crippen LogP contribution in [-0.4, -0.2) is 0 Å². The monoisotopic (exact) mass is 770 g/mol. The summed E-state index contributed by atoms with van der Waals surface area (Å²) in [6, 6.07) is -20.3. The molecule has 264 valence electrons. The number of hydrogen-bond donors (Lipinski definition) is 0. The van der Waals surface area contributed by atoms with Gasteiger partial charge >= 0.3 is 0 Å². The van der Waals surface area contributed by atoms with Gasteiger partial charge in [-0.05, 0) is 70.4 Å². The molecule has 0 unspecified atom stereocenters. The lowest BCUT2D eigenvalue weighted by molar-refractivity contribution is 0.591. The van der Waals surface area contributed by atoms with Crippen molar-refractivity contribution in [2.24, 2.45) is 0 Å². The van der Waals surface area contributed by atoms with Gasteiger partial charge in [0.05, 0.1) is 41.1 Å². The smallest absolute Gasteiger partial charge is 0.171 e. The van der Waals surface area contributed by atoms with E-state index in [1.807, 2.05) is 0 Å². The average Bonchev–Trinajstić information content (AvgIpc) is 2.04. The lowest BCUT2D eigenvalue weighted by Crippen LogP contribution is -2.31. The lowest BCUT2D eigenvalue weighted by atomic mass is 9.70. The molecule has 8 aromatic carbocycles. The molecule has 55 heavy (non-hydrogen) atoms. The van der Waals surface area contributed by atoms with Crippen LogP contribution in [0.25, 0.3) is 22.3 Å². The van der Waals surface area contributed by atoms with Crippen molar-refractivity contribution in [2.45, 2.75) is 19.3 Å². The summed E-state index contributed by atoms with van der Waals surface area (Å²) in [7, 11) is -12.0. The van der Waals surface area contributed by atoms with E-state index in [1.165, 1.54) is 0 Å². The van der Waals surface area contributed by atoms with Crippen LogP contribution in [0.1, 0.15) is 69.0 Å². The highest BCUT2D eigenvalue weighted by Gasteiger charge is 2.53. The number of benzene rings is 8. The highest BCUT2D eigenvalue weighted by Crippen LogP contribution is 2.64. The molecule has 2 nitrogen and oxygen atoms in total. The molecule has 0 radical (unpaired) electrons. The summed E-state index contributed by atoms with van der Waals surface area (Å²) < 4.78 is 272. The Morgan fingerprint density at radius 2 is 0.709 bits per heavy atom. The molecule has 0 saturated carbocycles. The van der Waals surface area contributed by atoms with E-state index in [0.29, 0.717) is 22.3 Å². The first-order valence-electron chi connectivity index (χ1n) is 29.7. The summed E-state index contributed by atoms with van der Waals surface area (Å²) >= 11 is 0. The van der Waals surface area contributed by atoms with E-state index < -0.39 is 231 Å². The predicted molar refractivity (Wildman–Crippen MR) is 231 cm³/mol. The zero-order valence-electron chi connectivity index (χ0n) is 54.7. The van der Waals surface area contributed by atoms with Crippen molar-refractivity contribution in [3.8, 4) is 22.3 Å². The average molecular weight is 771 g/mol. The fourth-order valence-electron chi connectivity index (χ4n) is 7.53. The first-order chi connectivity index (χ1) is 37.7. The van der Waals surface area contributed by atoms with Crippen molar-refractivity contribution >= 4 is 46.1 Å². The molecule has 2 aliphatic carbocycles. The van der Waals surface area contributed by atoms with Gasteiger partial charge in [-0.2, -0.15) is 0 Å². The van der Waals surface area contributed by atoms with Crippen molar-refractivity contribution in [1.82, 2.24) is 0 Å². The van der Waals surface area contributed by atoms with Crippen molar-refractivity contribution in [1.29, 1.82) is 0 Å². The minimum Gasteiger partial charge on any atom is -0.309 e. The van der Waals surface area contributed by atoms with E-state index in [9.17, 15) is 19.2 Å². The fraction of sp³-hybridized carbons (Fsp3) is 0.0588. The molecule has 10 rings (SSSR count). The van der Waals surface area contributed by atoms with Gasteiger partial charge < -0.3 is 9.13 Å². The Labute approximate surface area is 359 Å². The van der Waals surface area contributed by atoms with Crippen LogP contribution in [0, 0.1) is 13.8 Å². The van der Waals surface area contributed by atoms with Gasteiger partial charge in [0.2, 0.25) is 0 Å². The van der Waals surface area contributed by atoms with Gasteiger partial charge in [-0.1, -0.05) is 193 Å². The van der Waals surface area contributed by atoms with Crippen molar-refractivity contribution < 1.29 is 44.8 Å². The number of fused-ring (bicyclic) bond motifs is 10. The topological polar surface area (TPSA) is 34.1 Å². The van der Waals surface area contributed by atoms with Crippen LogP contribution < -0.4 is 31.8 Å². The summed E-state index contributed by atoms with van der Waals surface area (Å²) in [6.45, 7) is 3.28. The van der Waals surface area contributed by atoms with E-state index in [0.717, 1.165) is 0 Å². The molecular weight excluding hydrogens is 707 g/mol. The third-order valence-corrected chi connectivity index (χ3v) is 15.0. The second kappa shape index (κ2) is 12.6. The zero-order valence-corrected chi connectivity index (χ0v) is 30.5.